The molecule has 2 heterocycles. The molecule has 0 amide bonds. The molecule has 0 fully saturated rings. The topological polar surface area (TPSA) is 64.3 Å². The number of aromatic nitrogens is 2. The first-order valence-corrected chi connectivity index (χ1v) is 8.52. The van der Waals surface area contributed by atoms with E-state index in [2.05, 4.69) is 25.9 Å². The largest absolute Gasteiger partial charge is 0.497 e. The third kappa shape index (κ3) is 4.56. The van der Waals surface area contributed by atoms with Crippen LogP contribution >= 0.6 is 27.3 Å². The Kier molecular flexibility index (Phi) is 5.79. The number of fused-ring (bicyclic) bond motifs is 1. The second kappa shape index (κ2) is 7.61. The van der Waals surface area contributed by atoms with Crippen LogP contribution in [0, 0.1) is 6.92 Å². The second-order valence-electron chi connectivity index (χ2n) is 5.02. The molecule has 0 spiro atoms. The Bertz CT molecular complexity index is 804. The van der Waals surface area contributed by atoms with Gasteiger partial charge in [0.2, 0.25) is 0 Å². The number of methoxy groups -OCH3 is 1. The normalized spacial score (nSPS) is 10.1. The standard InChI is InChI=1S/C9H13NO.C7H6BrN3S/c1-10(2)8-5-4-6-9(7-8)11-3;1-3-10-4-2-5(8)12-6(4)7(9)11-3/h4-7H,1-3H3;2H,1H3,(H2,9,10,11). The molecule has 0 bridgehead atoms. The van der Waals surface area contributed by atoms with Gasteiger partial charge in [-0.05, 0) is 41.1 Å². The van der Waals surface area contributed by atoms with Gasteiger partial charge in [0.05, 0.1) is 21.1 Å². The van der Waals surface area contributed by atoms with E-state index >= 15 is 0 Å². The van der Waals surface area contributed by atoms with Crippen LogP contribution in [0.3, 0.4) is 0 Å². The number of benzene rings is 1. The lowest BCUT2D eigenvalue weighted by Gasteiger charge is -2.12. The van der Waals surface area contributed by atoms with Gasteiger partial charge < -0.3 is 15.4 Å². The summed E-state index contributed by atoms with van der Waals surface area (Å²) in [5, 5.41) is 0. The highest BCUT2D eigenvalue weighted by Crippen LogP contribution is 2.31. The van der Waals surface area contributed by atoms with Crippen molar-refractivity contribution in [1.29, 1.82) is 0 Å². The molecule has 0 aliphatic carbocycles. The quantitative estimate of drug-likeness (QED) is 0.708. The van der Waals surface area contributed by atoms with E-state index in [9.17, 15) is 0 Å². The van der Waals surface area contributed by atoms with Crippen LogP contribution in [0.25, 0.3) is 10.2 Å². The van der Waals surface area contributed by atoms with Gasteiger partial charge >= 0.3 is 0 Å². The van der Waals surface area contributed by atoms with Crippen molar-refractivity contribution in [2.45, 2.75) is 6.92 Å². The number of anilines is 2. The fourth-order valence-electron chi connectivity index (χ4n) is 1.93. The summed E-state index contributed by atoms with van der Waals surface area (Å²) in [7, 11) is 5.69. The maximum atomic E-state index is 5.71. The molecular formula is C16H19BrN4OS. The molecule has 1 aromatic carbocycles. The lowest BCUT2D eigenvalue weighted by atomic mass is 10.3. The first kappa shape index (κ1) is 17.5. The minimum atomic E-state index is 0.563. The van der Waals surface area contributed by atoms with Crippen molar-refractivity contribution in [2.24, 2.45) is 0 Å². The van der Waals surface area contributed by atoms with Crippen LogP contribution < -0.4 is 15.4 Å². The zero-order valence-electron chi connectivity index (χ0n) is 13.5. The fraction of sp³-hybridized carbons (Fsp3) is 0.250. The predicted octanol–water partition coefficient (Wildman–Crippen LogP) is 4.11. The summed E-state index contributed by atoms with van der Waals surface area (Å²) in [5.74, 6) is 2.18. The molecule has 0 saturated heterocycles. The van der Waals surface area contributed by atoms with Crippen molar-refractivity contribution in [1.82, 2.24) is 9.97 Å². The van der Waals surface area contributed by atoms with Crippen LogP contribution in [-0.2, 0) is 0 Å². The molecule has 122 valence electrons. The summed E-state index contributed by atoms with van der Waals surface area (Å²) in [6, 6.07) is 9.91. The van der Waals surface area contributed by atoms with Crippen molar-refractivity contribution < 1.29 is 4.74 Å². The van der Waals surface area contributed by atoms with Crippen molar-refractivity contribution >= 4 is 49.0 Å². The van der Waals surface area contributed by atoms with Crippen molar-refractivity contribution in [2.75, 3.05) is 31.8 Å². The minimum absolute atomic E-state index is 0.563. The Morgan fingerprint density at radius 1 is 1.22 bits per heavy atom. The molecule has 0 aliphatic heterocycles. The Labute approximate surface area is 148 Å². The second-order valence-corrected chi connectivity index (χ2v) is 7.45. The van der Waals surface area contributed by atoms with E-state index in [1.165, 1.54) is 0 Å². The van der Waals surface area contributed by atoms with Crippen LogP contribution in [0.5, 0.6) is 5.75 Å². The summed E-state index contributed by atoms with van der Waals surface area (Å²) in [4.78, 5) is 10.4. The molecule has 3 aromatic rings. The minimum Gasteiger partial charge on any atom is -0.497 e. The number of nitrogens with zero attached hydrogens (tertiary/aromatic N) is 3. The summed E-state index contributed by atoms with van der Waals surface area (Å²) < 4.78 is 7.06. The molecule has 2 aromatic heterocycles. The molecule has 3 rings (SSSR count). The molecule has 0 radical (unpaired) electrons. The Morgan fingerprint density at radius 3 is 2.61 bits per heavy atom. The Balaban J connectivity index is 0.000000168. The van der Waals surface area contributed by atoms with E-state index in [0.29, 0.717) is 11.6 Å². The van der Waals surface area contributed by atoms with Crippen molar-refractivity contribution in [3.63, 3.8) is 0 Å². The molecule has 0 aliphatic rings. The van der Waals surface area contributed by atoms with Crippen LogP contribution in [0.4, 0.5) is 11.5 Å². The van der Waals surface area contributed by atoms with Crippen molar-refractivity contribution in [3.05, 3.63) is 39.9 Å². The van der Waals surface area contributed by atoms with Gasteiger partial charge in [0.15, 0.2) is 0 Å². The third-order valence-electron chi connectivity index (χ3n) is 3.05. The van der Waals surface area contributed by atoms with Gasteiger partial charge in [-0.15, -0.1) is 11.3 Å². The Hall–Kier alpha value is -1.86. The van der Waals surface area contributed by atoms with Gasteiger partial charge in [-0.25, -0.2) is 9.97 Å². The van der Waals surface area contributed by atoms with E-state index in [4.69, 9.17) is 10.5 Å². The maximum Gasteiger partial charge on any atom is 0.145 e. The maximum absolute atomic E-state index is 5.71. The molecule has 2 N–H and O–H groups in total. The number of rotatable bonds is 2. The van der Waals surface area contributed by atoms with Gasteiger partial charge in [0, 0.05) is 25.8 Å². The zero-order valence-corrected chi connectivity index (χ0v) is 15.9. The van der Waals surface area contributed by atoms with E-state index in [1.54, 1.807) is 18.4 Å². The van der Waals surface area contributed by atoms with Gasteiger partial charge in [0.25, 0.3) is 0 Å². The summed E-state index contributed by atoms with van der Waals surface area (Å²) in [5.41, 5.74) is 7.78. The Morgan fingerprint density at radius 2 is 1.96 bits per heavy atom. The van der Waals surface area contributed by atoms with Crippen LogP contribution in [-0.4, -0.2) is 31.2 Å². The number of aryl methyl sites for hydroxylation is 1. The summed E-state index contributed by atoms with van der Waals surface area (Å²) in [6.45, 7) is 1.83. The number of halogens is 1. The smallest absolute Gasteiger partial charge is 0.145 e. The highest BCUT2D eigenvalue weighted by molar-refractivity contribution is 9.11. The lowest BCUT2D eigenvalue weighted by molar-refractivity contribution is 0.415. The van der Waals surface area contributed by atoms with Crippen LogP contribution in [0.1, 0.15) is 5.82 Å². The van der Waals surface area contributed by atoms with Gasteiger partial charge in [-0.3, -0.25) is 0 Å². The number of hydrogen-bond acceptors (Lipinski definition) is 6. The monoisotopic (exact) mass is 394 g/mol. The lowest BCUT2D eigenvalue weighted by Crippen LogP contribution is -2.08. The molecule has 0 atom stereocenters. The van der Waals surface area contributed by atoms with Gasteiger partial charge in [-0.2, -0.15) is 0 Å². The van der Waals surface area contributed by atoms with Crippen LogP contribution in [0.2, 0.25) is 0 Å². The first-order valence-electron chi connectivity index (χ1n) is 6.91. The fourth-order valence-corrected chi connectivity index (χ4v) is 3.36. The summed E-state index contributed by atoms with van der Waals surface area (Å²) in [6.07, 6.45) is 0. The predicted molar refractivity (Wildman–Crippen MR) is 102 cm³/mol. The van der Waals surface area contributed by atoms with E-state index in [1.807, 2.05) is 56.3 Å². The average molecular weight is 395 g/mol. The van der Waals surface area contributed by atoms with Gasteiger partial charge in [-0.1, -0.05) is 6.07 Å². The molecule has 23 heavy (non-hydrogen) atoms. The molecule has 5 nitrogen and oxygen atoms in total. The third-order valence-corrected chi connectivity index (χ3v) is 4.70. The SMILES string of the molecule is COc1cccc(N(C)C)c1.Cc1nc(N)c2sc(Br)cc2n1. The molecule has 0 unspecified atom stereocenters. The average Bonchev–Trinajstić information content (AvgIpc) is 2.88. The molecule has 0 saturated carbocycles. The molecule has 7 heteroatoms. The number of hydrogen-bond donors (Lipinski definition) is 1. The number of ether oxygens (including phenoxy) is 1. The highest BCUT2D eigenvalue weighted by atomic mass is 79.9. The number of nitrogen functional groups attached to an aromatic ring is 1. The van der Waals surface area contributed by atoms with Gasteiger partial charge in [0.1, 0.15) is 17.4 Å². The van der Waals surface area contributed by atoms with E-state index < -0.39 is 0 Å². The van der Waals surface area contributed by atoms with E-state index in [0.717, 1.165) is 25.4 Å². The number of nitrogens with two attached hydrogens (primary N) is 1. The number of thiophene rings is 1. The van der Waals surface area contributed by atoms with Crippen molar-refractivity contribution in [3.8, 4) is 5.75 Å². The summed E-state index contributed by atoms with van der Waals surface area (Å²) >= 11 is 4.93. The molecular weight excluding hydrogens is 376 g/mol. The first-order chi connectivity index (χ1) is 10.9. The highest BCUT2D eigenvalue weighted by Gasteiger charge is 2.05. The zero-order chi connectivity index (χ0) is 17.0. The van der Waals surface area contributed by atoms with E-state index in [-0.39, 0.29) is 0 Å². The van der Waals surface area contributed by atoms with Crippen LogP contribution in [0.15, 0.2) is 34.1 Å².